The van der Waals surface area contributed by atoms with Gasteiger partial charge in [0.2, 0.25) is 6.29 Å². The van der Waals surface area contributed by atoms with Gasteiger partial charge in [0.05, 0.1) is 12.5 Å². The van der Waals surface area contributed by atoms with Crippen molar-refractivity contribution in [3.63, 3.8) is 0 Å². The van der Waals surface area contributed by atoms with Crippen LogP contribution < -0.4 is 4.74 Å². The summed E-state index contributed by atoms with van der Waals surface area (Å²) in [7, 11) is 0. The first kappa shape index (κ1) is 9.31. The van der Waals surface area contributed by atoms with Gasteiger partial charge in [-0.1, -0.05) is 24.3 Å². The average Bonchev–Trinajstić information content (AvgIpc) is 2.89. The van der Waals surface area contributed by atoms with Crippen molar-refractivity contribution in [2.75, 3.05) is 6.61 Å². The van der Waals surface area contributed by atoms with Crippen LogP contribution in [0.25, 0.3) is 10.8 Å². The molecule has 2 aromatic carbocycles. The van der Waals surface area contributed by atoms with E-state index < -0.39 is 0 Å². The zero-order valence-electron chi connectivity index (χ0n) is 9.22. The topological polar surface area (TPSA) is 38.7 Å². The van der Waals surface area contributed by atoms with Crippen LogP contribution in [0.2, 0.25) is 0 Å². The van der Waals surface area contributed by atoms with E-state index in [-0.39, 0.29) is 12.2 Å². The normalized spacial score (nSPS) is 25.6. The van der Waals surface area contributed by atoms with Gasteiger partial charge in [-0.15, -0.1) is 0 Å². The van der Waals surface area contributed by atoms with Crippen LogP contribution in [0.1, 0.15) is 17.9 Å². The largest absolute Gasteiger partial charge is 0.507 e. The number of hydrogen-bond acceptors (Lipinski definition) is 3. The number of benzene rings is 2. The summed E-state index contributed by atoms with van der Waals surface area (Å²) >= 11 is 0. The van der Waals surface area contributed by atoms with Crippen molar-refractivity contribution in [3.05, 3.63) is 35.9 Å². The quantitative estimate of drug-likeness (QED) is 0.753. The Hall–Kier alpha value is -1.74. The molecular weight excluding hydrogens is 216 g/mol. The third-order valence-electron chi connectivity index (χ3n) is 3.68. The molecule has 2 atom stereocenters. The predicted molar refractivity (Wildman–Crippen MR) is 63.3 cm³/mol. The second-order valence-corrected chi connectivity index (χ2v) is 4.61. The second-order valence-electron chi connectivity index (χ2n) is 4.61. The Morgan fingerprint density at radius 2 is 2.12 bits per heavy atom. The number of rotatable bonds is 0. The molecule has 1 saturated heterocycles. The fraction of sp³-hybridized carbons (Fsp3) is 0.286. The molecule has 0 aliphatic carbocycles. The van der Waals surface area contributed by atoms with Gasteiger partial charge in [0.1, 0.15) is 11.5 Å². The van der Waals surface area contributed by atoms with E-state index in [1.165, 1.54) is 0 Å². The van der Waals surface area contributed by atoms with Crippen LogP contribution in [0.5, 0.6) is 11.5 Å². The second kappa shape index (κ2) is 3.14. The molecule has 3 heteroatoms. The highest BCUT2D eigenvalue weighted by Crippen LogP contribution is 2.50. The van der Waals surface area contributed by atoms with Crippen molar-refractivity contribution in [2.24, 2.45) is 0 Å². The maximum atomic E-state index is 10.4. The Labute approximate surface area is 98.6 Å². The van der Waals surface area contributed by atoms with Gasteiger partial charge >= 0.3 is 0 Å². The third-order valence-corrected chi connectivity index (χ3v) is 3.68. The Kier molecular flexibility index (Phi) is 1.72. The highest BCUT2D eigenvalue weighted by atomic mass is 16.7. The maximum absolute atomic E-state index is 10.4. The monoisotopic (exact) mass is 228 g/mol. The molecule has 17 heavy (non-hydrogen) atoms. The van der Waals surface area contributed by atoms with Crippen molar-refractivity contribution >= 4 is 10.8 Å². The van der Waals surface area contributed by atoms with Gasteiger partial charge in [-0.25, -0.2) is 0 Å². The van der Waals surface area contributed by atoms with E-state index in [9.17, 15) is 5.11 Å². The highest BCUT2D eigenvalue weighted by Gasteiger charge is 2.41. The van der Waals surface area contributed by atoms with Crippen LogP contribution in [0.4, 0.5) is 0 Å². The molecule has 2 unspecified atom stereocenters. The van der Waals surface area contributed by atoms with E-state index in [2.05, 4.69) is 0 Å². The zero-order chi connectivity index (χ0) is 11.4. The molecule has 0 aromatic heterocycles. The third kappa shape index (κ3) is 1.15. The molecular formula is C14H12O3. The van der Waals surface area contributed by atoms with Crippen LogP contribution >= 0.6 is 0 Å². The molecule has 1 N–H and O–H groups in total. The molecule has 0 bridgehead atoms. The van der Waals surface area contributed by atoms with Gasteiger partial charge in [0, 0.05) is 10.9 Å². The van der Waals surface area contributed by atoms with Gasteiger partial charge in [-0.05, 0) is 17.9 Å². The Morgan fingerprint density at radius 3 is 3.06 bits per heavy atom. The fourth-order valence-electron chi connectivity index (χ4n) is 2.86. The van der Waals surface area contributed by atoms with Crippen molar-refractivity contribution in [1.29, 1.82) is 0 Å². The summed E-state index contributed by atoms with van der Waals surface area (Å²) in [5, 5.41) is 12.3. The molecule has 0 saturated carbocycles. The minimum absolute atomic E-state index is 0.189. The molecule has 2 aromatic rings. The summed E-state index contributed by atoms with van der Waals surface area (Å²) in [5.41, 5.74) is 0.922. The molecule has 4 rings (SSSR count). The molecule has 3 nitrogen and oxygen atoms in total. The summed E-state index contributed by atoms with van der Waals surface area (Å²) < 4.78 is 11.2. The summed E-state index contributed by atoms with van der Waals surface area (Å²) in [5.74, 6) is 1.32. The van der Waals surface area contributed by atoms with Crippen LogP contribution in [0.15, 0.2) is 30.3 Å². The lowest BCUT2D eigenvalue weighted by atomic mass is 9.94. The Balaban J connectivity index is 2.03. The minimum Gasteiger partial charge on any atom is -0.507 e. The molecule has 1 fully saturated rings. The standard InChI is InChI=1S/C14H12O3/c15-13-9-4-2-1-3-8(9)7-11-12(13)10-5-6-16-14(10)17-11/h1-4,7,10,14-15H,5-6H2. The smallest absolute Gasteiger partial charge is 0.207 e. The number of phenolic OH excluding ortho intramolecular Hbond substituents is 1. The lowest BCUT2D eigenvalue weighted by molar-refractivity contribution is -0.0337. The molecule has 2 heterocycles. The van der Waals surface area contributed by atoms with E-state index in [1.807, 2.05) is 30.3 Å². The average molecular weight is 228 g/mol. The molecule has 0 spiro atoms. The maximum Gasteiger partial charge on any atom is 0.207 e. The lowest BCUT2D eigenvalue weighted by Gasteiger charge is -2.08. The van der Waals surface area contributed by atoms with E-state index >= 15 is 0 Å². The number of aromatic hydroxyl groups is 1. The Bertz CT molecular complexity index is 606. The minimum atomic E-state index is -0.201. The van der Waals surface area contributed by atoms with Crippen LogP contribution in [0.3, 0.4) is 0 Å². The van der Waals surface area contributed by atoms with Gasteiger partial charge in [0.25, 0.3) is 0 Å². The first-order chi connectivity index (χ1) is 8.34. The van der Waals surface area contributed by atoms with E-state index in [0.717, 1.165) is 28.5 Å². The summed E-state index contributed by atoms with van der Waals surface area (Å²) in [6.45, 7) is 0.709. The van der Waals surface area contributed by atoms with Crippen LogP contribution in [-0.2, 0) is 4.74 Å². The first-order valence-corrected chi connectivity index (χ1v) is 5.87. The molecule has 0 radical (unpaired) electrons. The summed E-state index contributed by atoms with van der Waals surface area (Å²) in [4.78, 5) is 0. The van der Waals surface area contributed by atoms with Crippen LogP contribution in [-0.4, -0.2) is 18.0 Å². The van der Waals surface area contributed by atoms with Gasteiger partial charge < -0.3 is 14.6 Å². The first-order valence-electron chi connectivity index (χ1n) is 5.87. The highest BCUT2D eigenvalue weighted by molar-refractivity contribution is 5.91. The number of fused-ring (bicyclic) bond motifs is 4. The van der Waals surface area contributed by atoms with Gasteiger partial charge in [0.15, 0.2) is 0 Å². The summed E-state index contributed by atoms with van der Waals surface area (Å²) in [6, 6.07) is 9.81. The molecule has 2 aliphatic rings. The zero-order valence-corrected chi connectivity index (χ0v) is 9.22. The van der Waals surface area contributed by atoms with Crippen molar-refractivity contribution < 1.29 is 14.6 Å². The predicted octanol–water partition coefficient (Wildman–Crippen LogP) is 2.77. The molecule has 0 amide bonds. The fourth-order valence-corrected chi connectivity index (χ4v) is 2.86. The SMILES string of the molecule is Oc1c2c(cc3ccccc13)OC1OCCC21. The van der Waals surface area contributed by atoms with Crippen molar-refractivity contribution in [1.82, 2.24) is 0 Å². The summed E-state index contributed by atoms with van der Waals surface area (Å²) in [6.07, 6.45) is 0.719. The molecule has 86 valence electrons. The number of phenols is 1. The van der Waals surface area contributed by atoms with E-state index in [0.29, 0.717) is 12.4 Å². The number of hydrogen-bond donors (Lipinski definition) is 1. The number of ether oxygens (including phenoxy) is 2. The van der Waals surface area contributed by atoms with Crippen LogP contribution in [0, 0.1) is 0 Å². The van der Waals surface area contributed by atoms with Crippen molar-refractivity contribution in [2.45, 2.75) is 18.6 Å². The van der Waals surface area contributed by atoms with E-state index in [4.69, 9.17) is 9.47 Å². The van der Waals surface area contributed by atoms with Crippen molar-refractivity contribution in [3.8, 4) is 11.5 Å². The molecule has 2 aliphatic heterocycles. The van der Waals surface area contributed by atoms with E-state index in [1.54, 1.807) is 0 Å². The van der Waals surface area contributed by atoms with Gasteiger partial charge in [-0.2, -0.15) is 0 Å². The van der Waals surface area contributed by atoms with Gasteiger partial charge in [-0.3, -0.25) is 0 Å². The Morgan fingerprint density at radius 1 is 1.24 bits per heavy atom. The lowest BCUT2D eigenvalue weighted by Crippen LogP contribution is -2.13.